The minimum absolute atomic E-state index is 0.0932. The molecule has 3 N–H and O–H groups in total. The van der Waals surface area contributed by atoms with Crippen LogP contribution in [0, 0.1) is 0 Å². The van der Waals surface area contributed by atoms with Gasteiger partial charge in [-0.3, -0.25) is 5.32 Å². The van der Waals surface area contributed by atoms with Crippen LogP contribution in [0.2, 0.25) is 0 Å². The molecule has 0 saturated carbocycles. The first-order valence-corrected chi connectivity index (χ1v) is 21.6. The molecule has 0 aromatic heterocycles. The lowest BCUT2D eigenvalue weighted by atomic mass is 10.2. The lowest BCUT2D eigenvalue weighted by Crippen LogP contribution is -2.39. The van der Waals surface area contributed by atoms with E-state index in [2.05, 4.69) is 23.8 Å². The van der Waals surface area contributed by atoms with E-state index < -0.39 is 36.7 Å². The van der Waals surface area contributed by atoms with Crippen LogP contribution in [0.4, 0.5) is 4.79 Å². The number of benzene rings is 3. The number of hydrogen-bond acceptors (Lipinski definition) is 15. The fourth-order valence-electron chi connectivity index (χ4n) is 5.38. The number of nitrogens with one attached hydrogen (secondary N) is 2. The van der Waals surface area contributed by atoms with Crippen molar-refractivity contribution in [1.82, 2.24) is 10.6 Å². The van der Waals surface area contributed by atoms with Gasteiger partial charge in [-0.05, 0) is 107 Å². The Morgan fingerprint density at radius 1 is 0.531 bits per heavy atom. The smallest absolute Gasteiger partial charge is 0.407 e. The van der Waals surface area contributed by atoms with Crippen LogP contribution >= 0.6 is 0 Å². The average Bonchev–Trinajstić information content (AvgIpc) is 3.29. The van der Waals surface area contributed by atoms with Crippen molar-refractivity contribution >= 4 is 18.0 Å². The number of carbonyl (C=O) groups excluding carboxylic acids is 3. The summed E-state index contributed by atoms with van der Waals surface area (Å²) < 4.78 is 56.5. The minimum Gasteiger partial charge on any atom is -0.491 e. The summed E-state index contributed by atoms with van der Waals surface area (Å²) in [5.74, 6) is 1.75. The van der Waals surface area contributed by atoms with Crippen LogP contribution < -0.4 is 29.6 Å². The molecule has 3 aromatic carbocycles. The third kappa shape index (κ3) is 25.5. The highest BCUT2D eigenvalue weighted by Crippen LogP contribution is 2.18. The van der Waals surface area contributed by atoms with Crippen LogP contribution in [0.3, 0.4) is 0 Å². The number of unbranched alkanes of at least 4 members (excludes halogenated alkanes) is 4. The van der Waals surface area contributed by atoms with E-state index in [0.717, 1.165) is 19.3 Å². The summed E-state index contributed by atoms with van der Waals surface area (Å²) >= 11 is 0. The van der Waals surface area contributed by atoms with Crippen LogP contribution in [-0.2, 0) is 38.0 Å². The zero-order chi connectivity index (χ0) is 46.0. The maximum absolute atomic E-state index is 12.5. The summed E-state index contributed by atoms with van der Waals surface area (Å²) in [5.41, 5.74) is 0.732. The molecule has 1 amide bonds. The molecule has 16 heteroatoms. The van der Waals surface area contributed by atoms with Gasteiger partial charge in [-0.15, -0.1) is 0 Å². The number of esters is 2. The molecule has 0 aliphatic heterocycles. The first-order chi connectivity index (χ1) is 31.1. The van der Waals surface area contributed by atoms with Gasteiger partial charge >= 0.3 is 18.0 Å². The molecule has 0 aliphatic carbocycles. The van der Waals surface area contributed by atoms with Crippen molar-refractivity contribution in [3.05, 3.63) is 109 Å². The standard InChI is InChI=1S/C48H66N2O14/c1-37(2)45(51)59-27-15-7-13-25-49-47(53)63-43(35-61-39-17-9-5-10-18-39)33-55-29-31-57-41-21-23-42(24-22-41)58-32-30-56-34-44(36-62-40-19-11-6-12-20-40)64-48(54)50-26-14-8-16-28-60-46(52)38(3)4/h5-6,9-12,17-24,43-44,47,49,53H,1,3,7-8,13-16,25-36H2,2,4H3,(H,50,54). The van der Waals surface area contributed by atoms with Gasteiger partial charge in [-0.2, -0.15) is 0 Å². The van der Waals surface area contributed by atoms with E-state index in [1.54, 1.807) is 38.1 Å². The molecule has 3 aromatic rings. The molecule has 3 atom stereocenters. The number of carbonyl (C=O) groups is 3. The third-order valence-corrected chi connectivity index (χ3v) is 8.77. The molecule has 0 saturated heterocycles. The van der Waals surface area contributed by atoms with Gasteiger partial charge < -0.3 is 57.8 Å². The summed E-state index contributed by atoms with van der Waals surface area (Å²) in [6.45, 7) is 13.4. The van der Waals surface area contributed by atoms with E-state index >= 15 is 0 Å². The fourth-order valence-corrected chi connectivity index (χ4v) is 5.38. The summed E-state index contributed by atoms with van der Waals surface area (Å²) in [6.07, 6.45) is 1.31. The van der Waals surface area contributed by atoms with Crippen molar-refractivity contribution in [2.75, 3.05) is 79.2 Å². The van der Waals surface area contributed by atoms with Crippen molar-refractivity contribution in [3.8, 4) is 23.0 Å². The average molecular weight is 895 g/mol. The molecule has 0 bridgehead atoms. The maximum Gasteiger partial charge on any atom is 0.407 e. The SMILES string of the molecule is C=C(C)C(=O)OCCCCCNC(=O)OC(COCCOc1ccc(OCCOCC(COc2ccccc2)OC(O)NCCCCCOC(=O)C(=C)C)cc1)COc1ccccc1. The van der Waals surface area contributed by atoms with Gasteiger partial charge in [0, 0.05) is 17.7 Å². The highest BCUT2D eigenvalue weighted by atomic mass is 16.7. The van der Waals surface area contributed by atoms with E-state index in [9.17, 15) is 19.5 Å². The normalized spacial score (nSPS) is 12.2. The van der Waals surface area contributed by atoms with Crippen LogP contribution in [0.15, 0.2) is 109 Å². The van der Waals surface area contributed by atoms with E-state index in [-0.39, 0.29) is 52.9 Å². The number of para-hydroxylation sites is 2. The van der Waals surface area contributed by atoms with Gasteiger partial charge in [-0.25, -0.2) is 14.4 Å². The van der Waals surface area contributed by atoms with Gasteiger partial charge in [0.25, 0.3) is 0 Å². The Labute approximate surface area is 377 Å². The number of hydrogen-bond donors (Lipinski definition) is 3. The van der Waals surface area contributed by atoms with Crippen molar-refractivity contribution in [3.63, 3.8) is 0 Å². The van der Waals surface area contributed by atoms with E-state index in [4.69, 9.17) is 47.4 Å². The van der Waals surface area contributed by atoms with Gasteiger partial charge in [0.1, 0.15) is 55.5 Å². The lowest BCUT2D eigenvalue weighted by molar-refractivity contribution is -0.175. The Morgan fingerprint density at radius 2 is 0.984 bits per heavy atom. The largest absolute Gasteiger partial charge is 0.491 e. The topological polar surface area (TPSA) is 188 Å². The third-order valence-electron chi connectivity index (χ3n) is 8.77. The van der Waals surface area contributed by atoms with Crippen LogP contribution in [0.25, 0.3) is 0 Å². The molecule has 16 nitrogen and oxygen atoms in total. The number of aliphatic hydroxyl groups excluding tert-OH is 1. The second-order valence-corrected chi connectivity index (χ2v) is 14.5. The predicted octanol–water partition coefficient (Wildman–Crippen LogP) is 6.56. The Kier molecular flexibility index (Phi) is 27.1. The summed E-state index contributed by atoms with van der Waals surface area (Å²) in [6, 6.07) is 25.7. The molecule has 64 heavy (non-hydrogen) atoms. The Morgan fingerprint density at radius 3 is 1.48 bits per heavy atom. The number of ether oxygens (including phenoxy) is 10. The zero-order valence-corrected chi connectivity index (χ0v) is 37.2. The second-order valence-electron chi connectivity index (χ2n) is 14.5. The molecule has 0 radical (unpaired) electrons. The molecule has 352 valence electrons. The van der Waals surface area contributed by atoms with Crippen LogP contribution in [-0.4, -0.2) is 121 Å². The molecule has 0 heterocycles. The molecule has 0 aliphatic rings. The van der Waals surface area contributed by atoms with Crippen molar-refractivity contribution < 1.29 is 66.9 Å². The second kappa shape index (κ2) is 32.9. The van der Waals surface area contributed by atoms with E-state index in [1.165, 1.54) is 0 Å². The monoisotopic (exact) mass is 894 g/mol. The first-order valence-electron chi connectivity index (χ1n) is 21.6. The van der Waals surface area contributed by atoms with E-state index in [1.807, 2.05) is 60.7 Å². The zero-order valence-electron chi connectivity index (χ0n) is 37.2. The Balaban J connectivity index is 1.31. The number of aliphatic hydroxyl groups is 1. The summed E-state index contributed by atoms with van der Waals surface area (Å²) in [4.78, 5) is 35.5. The maximum atomic E-state index is 12.5. The molecule has 3 rings (SSSR count). The molecule has 0 fully saturated rings. The van der Waals surface area contributed by atoms with Crippen molar-refractivity contribution in [2.24, 2.45) is 0 Å². The van der Waals surface area contributed by atoms with Gasteiger partial charge in [0.15, 0.2) is 6.10 Å². The predicted molar refractivity (Wildman–Crippen MR) is 239 cm³/mol. The number of amides is 1. The van der Waals surface area contributed by atoms with Gasteiger partial charge in [0.05, 0.1) is 39.6 Å². The quantitative estimate of drug-likeness (QED) is 0.0187. The highest BCUT2D eigenvalue weighted by molar-refractivity contribution is 5.87. The first kappa shape index (κ1) is 52.7. The fraction of sp³-hybridized carbons (Fsp3) is 0.479. The highest BCUT2D eigenvalue weighted by Gasteiger charge is 2.18. The minimum atomic E-state index is -1.23. The van der Waals surface area contributed by atoms with E-state index in [0.29, 0.717) is 79.7 Å². The number of rotatable bonds is 36. The van der Waals surface area contributed by atoms with Crippen molar-refractivity contribution in [2.45, 2.75) is 71.0 Å². The van der Waals surface area contributed by atoms with Gasteiger partial charge in [0.2, 0.25) is 6.41 Å². The Hall–Kier alpha value is -5.65. The van der Waals surface area contributed by atoms with Crippen LogP contribution in [0.5, 0.6) is 23.0 Å². The molecule has 0 spiro atoms. The lowest BCUT2D eigenvalue weighted by Gasteiger charge is -2.22. The summed E-state index contributed by atoms with van der Waals surface area (Å²) in [5, 5.41) is 16.2. The van der Waals surface area contributed by atoms with Gasteiger partial charge in [-0.1, -0.05) is 49.6 Å². The Bertz CT molecular complexity index is 1750. The molecular weight excluding hydrogens is 829 g/mol. The number of alkyl carbamates (subject to hydrolysis) is 1. The molecular formula is C48H66N2O14. The van der Waals surface area contributed by atoms with Crippen LogP contribution in [0.1, 0.15) is 52.4 Å². The van der Waals surface area contributed by atoms with Crippen molar-refractivity contribution in [1.29, 1.82) is 0 Å². The molecule has 3 unspecified atom stereocenters. The summed E-state index contributed by atoms with van der Waals surface area (Å²) in [7, 11) is 0.